The number of ether oxygens (including phenoxy) is 1. The van der Waals surface area contributed by atoms with E-state index < -0.39 is 17.7 Å². The lowest BCUT2D eigenvalue weighted by Crippen LogP contribution is -2.48. The Labute approximate surface area is 243 Å². The molecule has 210 valence electrons. The van der Waals surface area contributed by atoms with E-state index in [1.54, 1.807) is 25.1 Å². The van der Waals surface area contributed by atoms with Gasteiger partial charge in [0.05, 0.1) is 27.5 Å². The van der Waals surface area contributed by atoms with Gasteiger partial charge in [-0.3, -0.25) is 0 Å². The highest BCUT2D eigenvalue weighted by atomic mass is 35.5. The van der Waals surface area contributed by atoms with E-state index in [-0.39, 0.29) is 17.2 Å². The largest absolute Gasteiger partial charge is 0.476 e. The second kappa shape index (κ2) is 10.6. The second-order valence-corrected chi connectivity index (χ2v) is 12.3. The minimum absolute atomic E-state index is 0.134. The number of hydrogen-bond donors (Lipinski definition) is 2. The number of piperidine rings is 1. The maximum Gasteiger partial charge on any atom is 0.408 e. The Kier molecular flexibility index (Phi) is 7.44. The van der Waals surface area contributed by atoms with Crippen molar-refractivity contribution in [2.45, 2.75) is 58.6 Å². The van der Waals surface area contributed by atoms with Gasteiger partial charge in [-0.25, -0.2) is 19.6 Å². The van der Waals surface area contributed by atoms with Crippen molar-refractivity contribution in [1.29, 1.82) is 0 Å². The van der Waals surface area contributed by atoms with Crippen LogP contribution in [0.2, 0.25) is 10.0 Å². The number of carboxylic acids is 1. The number of aryl methyl sites for hydroxylation is 1. The average Bonchev–Trinajstić information content (AvgIpc) is 3.17. The number of rotatable bonds is 4. The second-order valence-electron chi connectivity index (χ2n) is 11.5. The number of nitrogens with one attached hydrogen (secondary N) is 1. The Bertz CT molecular complexity index is 1480. The van der Waals surface area contributed by atoms with Gasteiger partial charge in [0, 0.05) is 24.1 Å². The van der Waals surface area contributed by atoms with Crippen LogP contribution in [0.15, 0.2) is 42.5 Å². The van der Waals surface area contributed by atoms with Gasteiger partial charge in [0.15, 0.2) is 11.5 Å². The van der Waals surface area contributed by atoms with Crippen molar-refractivity contribution in [3.8, 4) is 11.3 Å². The van der Waals surface area contributed by atoms with Gasteiger partial charge in [-0.1, -0.05) is 59.6 Å². The summed E-state index contributed by atoms with van der Waals surface area (Å²) in [6.07, 6.45) is 1.83. The van der Waals surface area contributed by atoms with Crippen LogP contribution in [0.1, 0.15) is 67.0 Å². The molecule has 0 saturated carbocycles. The molecule has 1 aliphatic carbocycles. The molecule has 5 rings (SSSR count). The van der Waals surface area contributed by atoms with Gasteiger partial charge >= 0.3 is 12.1 Å². The number of carbonyl (C=O) groups is 2. The van der Waals surface area contributed by atoms with Crippen LogP contribution in [0.3, 0.4) is 0 Å². The summed E-state index contributed by atoms with van der Waals surface area (Å²) in [5, 5.41) is 13.9. The molecule has 0 radical (unpaired) electrons. The van der Waals surface area contributed by atoms with Crippen LogP contribution in [0.5, 0.6) is 0 Å². The maximum atomic E-state index is 12.8. The van der Waals surface area contributed by atoms with Gasteiger partial charge < -0.3 is 20.1 Å². The summed E-state index contributed by atoms with van der Waals surface area (Å²) in [6, 6.07) is 13.1. The molecular weight excluding hydrogens is 551 g/mol. The molecule has 1 atom stereocenters. The smallest absolute Gasteiger partial charge is 0.408 e. The topological polar surface area (TPSA) is 105 Å². The Morgan fingerprint density at radius 3 is 2.45 bits per heavy atom. The molecule has 1 spiro atoms. The van der Waals surface area contributed by atoms with E-state index in [9.17, 15) is 14.7 Å². The first-order chi connectivity index (χ1) is 18.9. The molecule has 2 aromatic carbocycles. The summed E-state index contributed by atoms with van der Waals surface area (Å²) < 4.78 is 5.60. The minimum atomic E-state index is -1.17. The van der Waals surface area contributed by atoms with E-state index in [1.165, 1.54) is 5.56 Å². The molecule has 2 heterocycles. The van der Waals surface area contributed by atoms with Gasteiger partial charge in [-0.15, -0.1) is 0 Å². The molecule has 10 heteroatoms. The average molecular weight is 584 g/mol. The quantitative estimate of drug-likeness (QED) is 0.346. The molecule has 1 aliphatic heterocycles. The Morgan fingerprint density at radius 1 is 1.07 bits per heavy atom. The number of alkyl carbamates (subject to hydrolysis) is 1. The third kappa shape index (κ3) is 5.34. The number of benzene rings is 2. The van der Waals surface area contributed by atoms with Crippen molar-refractivity contribution < 1.29 is 19.4 Å². The van der Waals surface area contributed by atoms with Crippen molar-refractivity contribution in [2.75, 3.05) is 18.0 Å². The van der Waals surface area contributed by atoms with E-state index in [1.807, 2.05) is 37.8 Å². The zero-order chi connectivity index (χ0) is 28.8. The molecule has 0 unspecified atom stereocenters. The molecule has 2 aliphatic rings. The number of anilines is 1. The van der Waals surface area contributed by atoms with Gasteiger partial charge in [0.25, 0.3) is 0 Å². The van der Waals surface area contributed by atoms with Crippen molar-refractivity contribution in [3.63, 3.8) is 0 Å². The van der Waals surface area contributed by atoms with Crippen LogP contribution < -0.4 is 10.2 Å². The summed E-state index contributed by atoms with van der Waals surface area (Å²) in [5.41, 5.74) is 2.82. The summed E-state index contributed by atoms with van der Waals surface area (Å²) in [4.78, 5) is 36.4. The van der Waals surface area contributed by atoms with E-state index in [0.717, 1.165) is 24.8 Å². The predicted octanol–water partition coefficient (Wildman–Crippen LogP) is 6.87. The Balaban J connectivity index is 1.43. The number of halogens is 2. The molecular formula is C30H32Cl2N4O4. The molecule has 1 saturated heterocycles. The van der Waals surface area contributed by atoms with Gasteiger partial charge in [0.2, 0.25) is 0 Å². The molecule has 0 bridgehead atoms. The van der Waals surface area contributed by atoms with Crippen LogP contribution in [-0.4, -0.2) is 45.8 Å². The zero-order valence-electron chi connectivity index (χ0n) is 22.9. The van der Waals surface area contributed by atoms with Crippen LogP contribution in [0.25, 0.3) is 11.3 Å². The van der Waals surface area contributed by atoms with Crippen LogP contribution in [0, 0.1) is 12.3 Å². The van der Waals surface area contributed by atoms with E-state index >= 15 is 0 Å². The van der Waals surface area contributed by atoms with E-state index in [4.69, 9.17) is 32.9 Å². The molecule has 8 nitrogen and oxygen atoms in total. The number of carbonyl (C=O) groups excluding carboxylic acids is 1. The summed E-state index contributed by atoms with van der Waals surface area (Å²) in [7, 11) is 0. The molecule has 1 fully saturated rings. The first-order valence-corrected chi connectivity index (χ1v) is 14.0. The van der Waals surface area contributed by atoms with Gasteiger partial charge in [-0.2, -0.15) is 0 Å². The van der Waals surface area contributed by atoms with Crippen LogP contribution >= 0.6 is 23.2 Å². The maximum absolute atomic E-state index is 12.8. The van der Waals surface area contributed by atoms with Crippen molar-refractivity contribution in [2.24, 2.45) is 5.41 Å². The molecule has 3 aromatic rings. The van der Waals surface area contributed by atoms with Crippen LogP contribution in [0.4, 0.5) is 10.6 Å². The monoisotopic (exact) mass is 582 g/mol. The highest BCUT2D eigenvalue weighted by Crippen LogP contribution is 2.52. The molecule has 1 amide bonds. The highest BCUT2D eigenvalue weighted by molar-refractivity contribution is 6.43. The number of hydrogen-bond acceptors (Lipinski definition) is 6. The van der Waals surface area contributed by atoms with Gasteiger partial charge in [-0.05, 0) is 64.2 Å². The first-order valence-electron chi connectivity index (χ1n) is 13.3. The normalized spacial score (nSPS) is 17.9. The molecule has 2 N–H and O–H groups in total. The van der Waals surface area contributed by atoms with E-state index in [0.29, 0.717) is 45.9 Å². The zero-order valence-corrected chi connectivity index (χ0v) is 24.4. The summed E-state index contributed by atoms with van der Waals surface area (Å²) >= 11 is 12.6. The Hall–Kier alpha value is -3.36. The fraction of sp³-hybridized carbons (Fsp3) is 0.400. The lowest BCUT2D eigenvalue weighted by molar-refractivity contribution is 0.0427. The van der Waals surface area contributed by atoms with Crippen molar-refractivity contribution in [1.82, 2.24) is 15.3 Å². The fourth-order valence-electron chi connectivity index (χ4n) is 5.89. The SMILES string of the molecule is Cc1nc(N2CCC3(CC2)Cc2ccccc2[C@H]3NC(=O)OC(C)(C)C)c(C(=O)O)nc1-c1cccc(Cl)c1Cl. The first kappa shape index (κ1) is 28.2. The minimum Gasteiger partial charge on any atom is -0.476 e. The van der Waals surface area contributed by atoms with Crippen LogP contribution in [-0.2, 0) is 11.2 Å². The van der Waals surface area contributed by atoms with Crippen molar-refractivity contribution in [3.05, 3.63) is 75.0 Å². The molecule has 40 heavy (non-hydrogen) atoms. The highest BCUT2D eigenvalue weighted by Gasteiger charge is 2.49. The Morgan fingerprint density at radius 2 is 1.77 bits per heavy atom. The molecule has 1 aromatic heterocycles. The summed E-state index contributed by atoms with van der Waals surface area (Å²) in [6.45, 7) is 8.45. The number of amides is 1. The van der Waals surface area contributed by atoms with Gasteiger partial charge in [0.1, 0.15) is 5.60 Å². The van der Waals surface area contributed by atoms with E-state index in [2.05, 4.69) is 22.4 Å². The number of aromatic nitrogens is 2. The standard InChI is InChI=1S/C30H32Cl2N4O4/c1-17-23(20-10-7-11-21(31)22(20)32)34-24(27(37)38)26(33-17)36-14-12-30(13-15-36)16-18-8-5-6-9-19(18)25(30)35-28(39)40-29(2,3)4/h5-11,25H,12-16H2,1-4H3,(H,35,39)(H,37,38)/t25-/m1/s1. The third-order valence-electron chi connectivity index (χ3n) is 7.70. The fourth-order valence-corrected chi connectivity index (χ4v) is 6.28. The van der Waals surface area contributed by atoms with Crippen molar-refractivity contribution >= 4 is 41.1 Å². The lowest BCUT2D eigenvalue weighted by Gasteiger charge is -2.44. The number of fused-ring (bicyclic) bond motifs is 1. The number of aromatic carboxylic acids is 1. The summed E-state index contributed by atoms with van der Waals surface area (Å²) in [5.74, 6) is -0.839. The predicted molar refractivity (Wildman–Crippen MR) is 155 cm³/mol. The number of nitrogens with zero attached hydrogens (tertiary/aromatic N) is 3. The number of carboxylic acid groups (broad SMARTS) is 1. The third-order valence-corrected chi connectivity index (χ3v) is 8.52. The lowest BCUT2D eigenvalue weighted by atomic mass is 9.72.